The number of Topliss-reactive ketones (excluding diaryl/α,β-unsaturated/α-hetero) is 1. The number of carbonyl (C=O) groups is 3. The molecule has 2 amide bonds. The van der Waals surface area contributed by atoms with Crippen LogP contribution >= 0.6 is 0 Å². The smallest absolute Gasteiger partial charge is 0.290 e. The molecule has 0 aliphatic carbocycles. The Morgan fingerprint density at radius 3 is 2.31 bits per heavy atom. The molecule has 3 aromatic rings. The van der Waals surface area contributed by atoms with Crippen LogP contribution in [0.2, 0.25) is 0 Å². The van der Waals surface area contributed by atoms with Gasteiger partial charge in [-0.1, -0.05) is 30.3 Å². The van der Waals surface area contributed by atoms with Crippen molar-refractivity contribution in [3.63, 3.8) is 0 Å². The quantitative estimate of drug-likeness (QED) is 0.452. The summed E-state index contributed by atoms with van der Waals surface area (Å²) >= 11 is 0. The molecule has 166 valence electrons. The van der Waals surface area contributed by atoms with Crippen LogP contribution in [0.15, 0.2) is 53.3 Å². The maximum atomic E-state index is 12.8. The van der Waals surface area contributed by atoms with Crippen LogP contribution in [0.3, 0.4) is 0 Å². The Labute approximate surface area is 184 Å². The van der Waals surface area contributed by atoms with E-state index in [4.69, 9.17) is 4.74 Å². The van der Waals surface area contributed by atoms with Crippen molar-refractivity contribution in [2.75, 3.05) is 0 Å². The number of hydrazine groups is 1. The molecular formula is C23H24N4O5. The van der Waals surface area contributed by atoms with Crippen molar-refractivity contribution in [1.82, 2.24) is 20.6 Å². The van der Waals surface area contributed by atoms with Crippen LogP contribution < -0.4 is 21.1 Å². The van der Waals surface area contributed by atoms with Crippen molar-refractivity contribution >= 4 is 28.4 Å². The third kappa shape index (κ3) is 4.83. The number of ketones is 1. The number of nitrogens with zero attached hydrogens (tertiary/aromatic N) is 2. The Bertz CT molecular complexity index is 1250. The number of benzene rings is 2. The lowest BCUT2D eigenvalue weighted by Gasteiger charge is -2.16. The minimum absolute atomic E-state index is 0.0110. The van der Waals surface area contributed by atoms with E-state index >= 15 is 0 Å². The van der Waals surface area contributed by atoms with Crippen molar-refractivity contribution in [1.29, 1.82) is 0 Å². The number of hydrogen-bond acceptors (Lipinski definition) is 6. The normalized spacial score (nSPS) is 11.8. The van der Waals surface area contributed by atoms with Crippen LogP contribution in [0.1, 0.15) is 54.6 Å². The number of nitrogens with one attached hydrogen (secondary N) is 2. The van der Waals surface area contributed by atoms with Gasteiger partial charge in [0.2, 0.25) is 0 Å². The highest BCUT2D eigenvalue weighted by Gasteiger charge is 2.20. The Morgan fingerprint density at radius 2 is 1.66 bits per heavy atom. The van der Waals surface area contributed by atoms with Crippen molar-refractivity contribution in [3.05, 3.63) is 70.1 Å². The predicted molar refractivity (Wildman–Crippen MR) is 119 cm³/mol. The Balaban J connectivity index is 1.74. The first-order chi connectivity index (χ1) is 15.2. The molecule has 2 aromatic carbocycles. The monoisotopic (exact) mass is 436 g/mol. The topological polar surface area (TPSA) is 119 Å². The summed E-state index contributed by atoms with van der Waals surface area (Å²) in [5, 5.41) is 4.93. The summed E-state index contributed by atoms with van der Waals surface area (Å²) < 4.78 is 6.79. The molecule has 0 aliphatic heterocycles. The van der Waals surface area contributed by atoms with Crippen LogP contribution in [0.25, 0.3) is 10.8 Å². The first kappa shape index (κ1) is 22.7. The van der Waals surface area contributed by atoms with Gasteiger partial charge >= 0.3 is 0 Å². The molecule has 9 nitrogen and oxygen atoms in total. The molecule has 0 bridgehead atoms. The van der Waals surface area contributed by atoms with Gasteiger partial charge in [0.15, 0.2) is 17.6 Å². The standard InChI is InChI=1S/C23H24N4O5/c1-13(2)27-23(31)19-11-6-5-10-18(19)20(26-27)22(30)25-24-21(29)15(4)32-17-9-7-8-16(12-17)14(3)28/h5-13,15H,1-4H3,(H,24,29)(H,25,30). The Kier molecular flexibility index (Phi) is 6.67. The van der Waals surface area contributed by atoms with Crippen molar-refractivity contribution < 1.29 is 19.1 Å². The van der Waals surface area contributed by atoms with E-state index in [0.717, 1.165) is 0 Å². The second-order valence-electron chi connectivity index (χ2n) is 7.53. The number of aromatic nitrogens is 2. The summed E-state index contributed by atoms with van der Waals surface area (Å²) in [7, 11) is 0. The molecule has 0 fully saturated rings. The Morgan fingerprint density at radius 1 is 0.969 bits per heavy atom. The average Bonchev–Trinajstić information content (AvgIpc) is 2.77. The van der Waals surface area contributed by atoms with Gasteiger partial charge in [-0.05, 0) is 45.9 Å². The van der Waals surface area contributed by atoms with Gasteiger partial charge in [-0.2, -0.15) is 5.10 Å². The second-order valence-corrected chi connectivity index (χ2v) is 7.53. The van der Waals surface area contributed by atoms with Crippen molar-refractivity contribution in [3.8, 4) is 5.75 Å². The Hall–Kier alpha value is -4.01. The fourth-order valence-corrected chi connectivity index (χ4v) is 3.05. The average molecular weight is 436 g/mol. The summed E-state index contributed by atoms with van der Waals surface area (Å²) in [5.74, 6) is -1.05. The fourth-order valence-electron chi connectivity index (χ4n) is 3.05. The lowest BCUT2D eigenvalue weighted by Crippen LogP contribution is -2.47. The van der Waals surface area contributed by atoms with Crippen molar-refractivity contribution in [2.45, 2.75) is 39.8 Å². The highest BCUT2D eigenvalue weighted by molar-refractivity contribution is 6.05. The largest absolute Gasteiger partial charge is 0.481 e. The molecule has 32 heavy (non-hydrogen) atoms. The van der Waals surface area contributed by atoms with Gasteiger partial charge in [0.1, 0.15) is 5.75 Å². The van der Waals surface area contributed by atoms with Gasteiger partial charge in [0.05, 0.1) is 11.4 Å². The molecule has 0 aliphatic rings. The van der Waals surface area contributed by atoms with Gasteiger partial charge in [-0.15, -0.1) is 0 Å². The van der Waals surface area contributed by atoms with Crippen LogP contribution in [0.4, 0.5) is 0 Å². The number of amides is 2. The maximum Gasteiger partial charge on any atom is 0.290 e. The molecule has 0 radical (unpaired) electrons. The molecule has 1 atom stereocenters. The molecule has 0 saturated carbocycles. The van der Waals surface area contributed by atoms with Crippen LogP contribution in [-0.2, 0) is 4.79 Å². The molecule has 1 heterocycles. The molecule has 9 heteroatoms. The van der Waals surface area contributed by atoms with Crippen LogP contribution in [0, 0.1) is 0 Å². The maximum absolute atomic E-state index is 12.8. The SMILES string of the molecule is CC(=O)c1cccc(OC(C)C(=O)NNC(=O)c2nn(C(C)C)c(=O)c3ccccc23)c1. The van der Waals surface area contributed by atoms with Gasteiger partial charge < -0.3 is 4.74 Å². The van der Waals surface area contributed by atoms with Crippen molar-refractivity contribution in [2.24, 2.45) is 0 Å². The molecule has 0 saturated heterocycles. The summed E-state index contributed by atoms with van der Waals surface area (Å²) in [4.78, 5) is 49.3. The number of hydrogen-bond donors (Lipinski definition) is 2. The van der Waals surface area contributed by atoms with E-state index in [2.05, 4.69) is 16.0 Å². The zero-order valence-electron chi connectivity index (χ0n) is 18.2. The van der Waals surface area contributed by atoms with E-state index in [0.29, 0.717) is 22.1 Å². The minimum Gasteiger partial charge on any atom is -0.481 e. The minimum atomic E-state index is -0.952. The third-order valence-corrected chi connectivity index (χ3v) is 4.75. The van der Waals surface area contributed by atoms with E-state index < -0.39 is 17.9 Å². The summed E-state index contributed by atoms with van der Waals surface area (Å²) in [6.45, 7) is 6.51. The predicted octanol–water partition coefficient (Wildman–Crippen LogP) is 2.41. The fraction of sp³-hybridized carbons (Fsp3) is 0.261. The van der Waals surface area contributed by atoms with Gasteiger partial charge in [-0.3, -0.25) is 30.0 Å². The number of ether oxygens (including phenoxy) is 1. The molecule has 1 aromatic heterocycles. The summed E-state index contributed by atoms with van der Waals surface area (Å²) in [5.41, 5.74) is 4.80. The third-order valence-electron chi connectivity index (χ3n) is 4.75. The van der Waals surface area contributed by atoms with E-state index in [9.17, 15) is 19.2 Å². The van der Waals surface area contributed by atoms with Gasteiger partial charge in [0, 0.05) is 10.9 Å². The first-order valence-electron chi connectivity index (χ1n) is 10.1. The van der Waals surface area contributed by atoms with E-state index in [1.165, 1.54) is 24.6 Å². The lowest BCUT2D eigenvalue weighted by molar-refractivity contribution is -0.128. The molecule has 0 spiro atoms. The second kappa shape index (κ2) is 9.42. The zero-order valence-corrected chi connectivity index (χ0v) is 18.2. The number of rotatable bonds is 6. The highest BCUT2D eigenvalue weighted by atomic mass is 16.5. The van der Waals surface area contributed by atoms with E-state index in [1.807, 2.05) is 0 Å². The highest BCUT2D eigenvalue weighted by Crippen LogP contribution is 2.16. The zero-order chi connectivity index (χ0) is 23.4. The molecular weight excluding hydrogens is 412 g/mol. The van der Waals surface area contributed by atoms with E-state index in [1.54, 1.807) is 56.3 Å². The molecule has 3 rings (SSSR count). The van der Waals surface area contributed by atoms with Gasteiger partial charge in [-0.25, -0.2) is 4.68 Å². The summed E-state index contributed by atoms with van der Waals surface area (Å²) in [6, 6.07) is 12.9. The van der Waals surface area contributed by atoms with Crippen LogP contribution in [0.5, 0.6) is 5.75 Å². The van der Waals surface area contributed by atoms with Crippen LogP contribution in [-0.4, -0.2) is 33.5 Å². The molecule has 1 unspecified atom stereocenters. The molecule has 2 N–H and O–H groups in total. The lowest BCUT2D eigenvalue weighted by atomic mass is 10.1. The summed E-state index contributed by atoms with van der Waals surface area (Å²) in [6.07, 6.45) is -0.952. The van der Waals surface area contributed by atoms with Gasteiger partial charge in [0.25, 0.3) is 17.4 Å². The first-order valence-corrected chi connectivity index (χ1v) is 10.1. The van der Waals surface area contributed by atoms with E-state index in [-0.39, 0.29) is 23.1 Å². The number of carbonyl (C=O) groups excluding carboxylic acids is 3. The number of fused-ring (bicyclic) bond motifs is 1.